The Morgan fingerprint density at radius 1 is 0.818 bits per heavy atom. The van der Waals surface area contributed by atoms with Gasteiger partial charge in [-0.2, -0.15) is 8.78 Å². The molecule has 0 aliphatic heterocycles. The molecule has 7 heteroatoms. The lowest BCUT2D eigenvalue weighted by Crippen LogP contribution is -2.63. The van der Waals surface area contributed by atoms with Crippen LogP contribution < -0.4 is 0 Å². The van der Waals surface area contributed by atoms with Crippen LogP contribution in [0.25, 0.3) is 0 Å². The highest BCUT2D eigenvalue weighted by Gasteiger charge is 2.67. The summed E-state index contributed by atoms with van der Waals surface area (Å²) in [6.45, 7) is 2.16. The first kappa shape index (κ1) is 21.9. The van der Waals surface area contributed by atoms with Crippen molar-refractivity contribution in [1.82, 2.24) is 0 Å². The SMILES string of the molecule is CCCCCCCCCCC(F)C(F)(F)[Si](OC)(OC)OC. The molecule has 0 N–H and O–H groups in total. The summed E-state index contributed by atoms with van der Waals surface area (Å²) in [5.74, 6) is 0. The largest absolute Gasteiger partial charge is 0.577 e. The molecule has 0 bridgehead atoms. The molecule has 0 fully saturated rings. The number of halogens is 3. The summed E-state index contributed by atoms with van der Waals surface area (Å²) in [5.41, 5.74) is -3.73. The first-order valence-corrected chi connectivity index (χ1v) is 9.81. The number of unbranched alkanes of at least 4 members (excludes halogenated alkanes) is 7. The molecule has 0 amide bonds. The Balaban J connectivity index is 4.11. The Kier molecular flexibility index (Phi) is 11.4. The van der Waals surface area contributed by atoms with Crippen molar-refractivity contribution in [3.8, 4) is 0 Å². The van der Waals surface area contributed by atoms with E-state index in [1.54, 1.807) is 0 Å². The summed E-state index contributed by atoms with van der Waals surface area (Å²) in [6.07, 6.45) is 5.55. The molecule has 0 aliphatic rings. The average Bonchev–Trinajstić information content (AvgIpc) is 2.51. The van der Waals surface area contributed by atoms with Gasteiger partial charge in [0, 0.05) is 21.3 Å². The van der Waals surface area contributed by atoms with E-state index in [0.717, 1.165) is 47.0 Å². The van der Waals surface area contributed by atoms with Gasteiger partial charge >= 0.3 is 14.4 Å². The van der Waals surface area contributed by atoms with E-state index < -0.39 is 20.5 Å². The second kappa shape index (κ2) is 11.4. The quantitative estimate of drug-likeness (QED) is 0.331. The van der Waals surface area contributed by atoms with Crippen LogP contribution in [0.3, 0.4) is 0 Å². The summed E-state index contributed by atoms with van der Waals surface area (Å²) < 4.78 is 56.4. The molecule has 0 spiro atoms. The van der Waals surface area contributed by atoms with Crippen LogP contribution in [-0.2, 0) is 13.3 Å². The van der Waals surface area contributed by atoms with Crippen LogP contribution in [0.1, 0.15) is 64.7 Å². The summed E-state index contributed by atoms with van der Waals surface area (Å²) in [6, 6.07) is 0. The van der Waals surface area contributed by atoms with Crippen molar-refractivity contribution in [2.45, 2.75) is 76.4 Å². The van der Waals surface area contributed by atoms with Gasteiger partial charge in [0.2, 0.25) is 0 Å². The van der Waals surface area contributed by atoms with Gasteiger partial charge in [0.25, 0.3) is 0 Å². The van der Waals surface area contributed by atoms with Gasteiger partial charge in [-0.15, -0.1) is 0 Å². The van der Waals surface area contributed by atoms with Gasteiger partial charge in [0.05, 0.1) is 0 Å². The van der Waals surface area contributed by atoms with Crippen molar-refractivity contribution in [1.29, 1.82) is 0 Å². The van der Waals surface area contributed by atoms with Crippen LogP contribution >= 0.6 is 0 Å². The highest BCUT2D eigenvalue weighted by molar-refractivity contribution is 6.63. The van der Waals surface area contributed by atoms with E-state index >= 15 is 0 Å². The van der Waals surface area contributed by atoms with E-state index in [1.807, 2.05) is 0 Å². The zero-order chi connectivity index (χ0) is 17.1. The van der Waals surface area contributed by atoms with E-state index in [1.165, 1.54) is 19.3 Å². The van der Waals surface area contributed by atoms with Crippen LogP contribution in [-0.4, -0.2) is 41.9 Å². The number of alkyl halides is 3. The zero-order valence-corrected chi connectivity index (χ0v) is 15.3. The Labute approximate surface area is 133 Å². The van der Waals surface area contributed by atoms with Gasteiger partial charge in [-0.3, -0.25) is 0 Å². The summed E-state index contributed by atoms with van der Waals surface area (Å²) in [5, 5.41) is 0. The maximum Gasteiger partial charge on any atom is 0.577 e. The molecule has 0 heterocycles. The molecule has 1 atom stereocenters. The van der Waals surface area contributed by atoms with E-state index in [9.17, 15) is 13.2 Å². The molecule has 0 aliphatic carbocycles. The van der Waals surface area contributed by atoms with Crippen molar-refractivity contribution in [3.63, 3.8) is 0 Å². The fourth-order valence-electron chi connectivity index (χ4n) is 2.49. The number of rotatable bonds is 14. The van der Waals surface area contributed by atoms with Crippen molar-refractivity contribution < 1.29 is 26.4 Å². The molecule has 0 radical (unpaired) electrons. The molecule has 0 rings (SSSR count). The first-order chi connectivity index (χ1) is 10.4. The smallest absolute Gasteiger partial charge is 0.373 e. The van der Waals surface area contributed by atoms with Crippen LogP contribution in [0.15, 0.2) is 0 Å². The zero-order valence-electron chi connectivity index (χ0n) is 14.3. The molecule has 0 aromatic carbocycles. The lowest BCUT2D eigenvalue weighted by atomic mass is 10.1. The predicted octanol–water partition coefficient (Wildman–Crippen LogP) is 4.91. The lowest BCUT2D eigenvalue weighted by molar-refractivity contribution is -0.0809. The fourth-order valence-corrected chi connectivity index (χ4v) is 4.33. The maximum absolute atomic E-state index is 14.2. The molecule has 1 unspecified atom stereocenters. The molecular weight excluding hydrogens is 313 g/mol. The summed E-state index contributed by atoms with van der Waals surface area (Å²) in [7, 11) is -1.11. The highest BCUT2D eigenvalue weighted by atomic mass is 28.4. The first-order valence-electron chi connectivity index (χ1n) is 8.09. The molecule has 0 saturated heterocycles. The van der Waals surface area contributed by atoms with E-state index in [2.05, 4.69) is 6.92 Å². The number of hydrogen-bond acceptors (Lipinski definition) is 3. The second-order valence-corrected chi connectivity index (χ2v) is 8.53. The van der Waals surface area contributed by atoms with Gasteiger partial charge in [-0.1, -0.05) is 58.3 Å². The van der Waals surface area contributed by atoms with Gasteiger partial charge < -0.3 is 13.3 Å². The Morgan fingerprint density at radius 3 is 1.64 bits per heavy atom. The normalized spacial score (nSPS) is 14.3. The fraction of sp³-hybridized carbons (Fsp3) is 1.00. The topological polar surface area (TPSA) is 27.7 Å². The lowest BCUT2D eigenvalue weighted by Gasteiger charge is -2.33. The highest BCUT2D eigenvalue weighted by Crippen LogP contribution is 2.36. The minimum Gasteiger partial charge on any atom is -0.373 e. The molecule has 0 saturated carbocycles. The molecular formula is C15H31F3O3Si. The molecule has 3 nitrogen and oxygen atoms in total. The van der Waals surface area contributed by atoms with Crippen LogP contribution in [0, 0.1) is 0 Å². The Bertz CT molecular complexity index is 268. The van der Waals surface area contributed by atoms with Crippen molar-refractivity contribution in [3.05, 3.63) is 0 Å². The van der Waals surface area contributed by atoms with Crippen LogP contribution in [0.4, 0.5) is 13.2 Å². The van der Waals surface area contributed by atoms with Gasteiger partial charge in [0.1, 0.15) is 0 Å². The van der Waals surface area contributed by atoms with Crippen molar-refractivity contribution >= 4 is 8.80 Å². The van der Waals surface area contributed by atoms with Gasteiger partial charge in [-0.05, 0) is 6.42 Å². The van der Waals surface area contributed by atoms with Gasteiger partial charge in [0.15, 0.2) is 6.17 Å². The molecule has 22 heavy (non-hydrogen) atoms. The standard InChI is InChI=1S/C15H31F3O3Si/c1-5-6-7-8-9-10-11-12-13-14(16)15(17,18)22(19-2,20-3)21-4/h14H,5-13H2,1-4H3. The monoisotopic (exact) mass is 344 g/mol. The van der Waals surface area contributed by atoms with Crippen molar-refractivity contribution in [2.24, 2.45) is 0 Å². The van der Waals surface area contributed by atoms with E-state index in [0.29, 0.717) is 6.42 Å². The van der Waals surface area contributed by atoms with Crippen molar-refractivity contribution in [2.75, 3.05) is 21.3 Å². The molecule has 0 aromatic heterocycles. The summed E-state index contributed by atoms with van der Waals surface area (Å²) >= 11 is 0. The second-order valence-electron chi connectivity index (χ2n) is 5.52. The molecule has 0 aromatic rings. The maximum atomic E-state index is 14.2. The van der Waals surface area contributed by atoms with Crippen LogP contribution in [0.5, 0.6) is 0 Å². The van der Waals surface area contributed by atoms with E-state index in [4.69, 9.17) is 13.3 Å². The average molecular weight is 344 g/mol. The predicted molar refractivity (Wildman–Crippen MR) is 83.9 cm³/mol. The Hall–Kier alpha value is -0.113. The third-order valence-electron chi connectivity index (χ3n) is 3.92. The minimum atomic E-state index is -4.31. The van der Waals surface area contributed by atoms with Gasteiger partial charge in [-0.25, -0.2) is 4.39 Å². The third kappa shape index (κ3) is 6.18. The minimum absolute atomic E-state index is 0.202. The van der Waals surface area contributed by atoms with Crippen LogP contribution in [0.2, 0.25) is 0 Å². The molecule has 134 valence electrons. The summed E-state index contributed by atoms with van der Waals surface area (Å²) in [4.78, 5) is 0. The third-order valence-corrected chi connectivity index (χ3v) is 6.66. The van der Waals surface area contributed by atoms with E-state index in [-0.39, 0.29) is 6.42 Å². The Morgan fingerprint density at radius 2 is 1.23 bits per heavy atom. The number of hydrogen-bond donors (Lipinski definition) is 0.